The average Bonchev–Trinajstić information content (AvgIpc) is 3.43. The number of benzene rings is 2. The van der Waals surface area contributed by atoms with Gasteiger partial charge in [-0.15, -0.1) is 10.2 Å². The molecule has 0 aliphatic heterocycles. The molecule has 2 heterocycles. The van der Waals surface area contributed by atoms with Crippen LogP contribution in [0.3, 0.4) is 0 Å². The Morgan fingerprint density at radius 3 is 2.39 bits per heavy atom. The van der Waals surface area contributed by atoms with Crippen molar-refractivity contribution < 1.29 is 13.2 Å². The minimum absolute atomic E-state index is 0.328. The van der Waals surface area contributed by atoms with Gasteiger partial charge in [-0.05, 0) is 28.3 Å². The van der Waals surface area contributed by atoms with Crippen molar-refractivity contribution in [3.8, 4) is 22.5 Å². The highest BCUT2D eigenvalue weighted by Gasteiger charge is 2.34. The summed E-state index contributed by atoms with van der Waals surface area (Å²) in [6.45, 7) is 2.33. The molecular weight excluding hydrogens is 405 g/mol. The van der Waals surface area contributed by atoms with E-state index in [2.05, 4.69) is 25.6 Å². The molecule has 4 rings (SSSR count). The lowest BCUT2D eigenvalue weighted by Crippen LogP contribution is -2.05. The summed E-state index contributed by atoms with van der Waals surface area (Å²) in [4.78, 5) is 3.84. The molecule has 0 saturated heterocycles. The van der Waals surface area contributed by atoms with Crippen LogP contribution in [0.4, 0.5) is 13.2 Å². The van der Waals surface area contributed by atoms with Crippen LogP contribution < -0.4 is 0 Å². The van der Waals surface area contributed by atoms with Gasteiger partial charge >= 0.3 is 6.18 Å². The topological polar surface area (TPSA) is 72.3 Å². The lowest BCUT2D eigenvalue weighted by atomic mass is 9.98. The Kier molecular flexibility index (Phi) is 5.83. The number of rotatable bonds is 7. The lowest BCUT2D eigenvalue weighted by molar-refractivity contribution is -0.141. The van der Waals surface area contributed by atoms with Gasteiger partial charge in [-0.2, -0.15) is 18.4 Å². The van der Waals surface area contributed by atoms with E-state index in [0.29, 0.717) is 24.6 Å². The van der Waals surface area contributed by atoms with Gasteiger partial charge in [0.25, 0.3) is 0 Å². The van der Waals surface area contributed by atoms with Crippen molar-refractivity contribution in [3.63, 3.8) is 0 Å². The van der Waals surface area contributed by atoms with E-state index in [1.807, 2.05) is 55.5 Å². The molecule has 2 aromatic carbocycles. The van der Waals surface area contributed by atoms with Gasteiger partial charge in [-0.3, -0.25) is 0 Å². The highest BCUT2D eigenvalue weighted by Crippen LogP contribution is 2.31. The number of unbranched alkanes of at least 4 members (excludes halogenated alkanes) is 1. The summed E-state index contributed by atoms with van der Waals surface area (Å²) in [6, 6.07) is 15.4. The number of nitrogens with zero attached hydrogens (tertiary/aromatic N) is 5. The highest BCUT2D eigenvalue weighted by atomic mass is 19.4. The first kappa shape index (κ1) is 20.8. The number of H-pyrrole nitrogens is 1. The molecule has 0 atom stereocenters. The maximum absolute atomic E-state index is 13.1. The Hall–Kier alpha value is -3.49. The van der Waals surface area contributed by atoms with Crippen molar-refractivity contribution in [3.05, 3.63) is 71.8 Å². The molecule has 1 N–H and O–H groups in total. The fourth-order valence-corrected chi connectivity index (χ4v) is 3.45. The molecule has 0 spiro atoms. The molecular formula is C22H21F3N6. The second-order valence-electron chi connectivity index (χ2n) is 7.25. The average molecular weight is 426 g/mol. The molecule has 160 valence electrons. The van der Waals surface area contributed by atoms with Gasteiger partial charge in [0.15, 0.2) is 5.69 Å². The number of alkyl halides is 3. The molecule has 0 saturated carbocycles. The molecule has 0 fully saturated rings. The lowest BCUT2D eigenvalue weighted by Gasteiger charge is -2.10. The first-order valence-corrected chi connectivity index (χ1v) is 10.0. The fraction of sp³-hybridized carbons (Fsp3) is 0.273. The fourth-order valence-electron chi connectivity index (χ4n) is 3.45. The smallest absolute Gasteiger partial charge is 0.330 e. The predicted octanol–water partition coefficient (Wildman–Crippen LogP) is 5.14. The van der Waals surface area contributed by atoms with Gasteiger partial charge in [0.1, 0.15) is 5.82 Å². The van der Waals surface area contributed by atoms with E-state index >= 15 is 0 Å². The second kappa shape index (κ2) is 8.71. The summed E-state index contributed by atoms with van der Waals surface area (Å²) in [5.74, 6) is 0.957. The monoisotopic (exact) mass is 426 g/mol. The van der Waals surface area contributed by atoms with Gasteiger partial charge in [-0.25, -0.2) is 4.98 Å². The van der Waals surface area contributed by atoms with E-state index in [1.54, 1.807) is 4.57 Å². The minimum Gasteiger partial charge on any atom is -0.330 e. The van der Waals surface area contributed by atoms with Crippen molar-refractivity contribution in [2.45, 2.75) is 38.9 Å². The Balaban J connectivity index is 1.60. The molecule has 4 aromatic rings. The standard InChI is InChI=1S/C22H21F3N6/c1-2-3-8-20-26-19(22(23,24)25)14-31(20)13-15-9-11-16(12-10-15)17-6-4-5-7-18(17)21-27-29-30-28-21/h4-7,9-12,14H,2-3,8,13H2,1H3,(H,27,28,29,30). The van der Waals surface area contributed by atoms with Gasteiger partial charge in [0.2, 0.25) is 5.82 Å². The summed E-state index contributed by atoms with van der Waals surface area (Å²) in [6.07, 6.45) is -1.15. The van der Waals surface area contributed by atoms with Crippen LogP contribution in [0.25, 0.3) is 22.5 Å². The first-order valence-electron chi connectivity index (χ1n) is 10.0. The third kappa shape index (κ3) is 4.65. The first-order chi connectivity index (χ1) is 15.0. The molecule has 31 heavy (non-hydrogen) atoms. The van der Waals surface area contributed by atoms with Crippen molar-refractivity contribution >= 4 is 0 Å². The van der Waals surface area contributed by atoms with Crippen molar-refractivity contribution in [1.82, 2.24) is 30.2 Å². The van der Waals surface area contributed by atoms with Gasteiger partial charge < -0.3 is 4.57 Å². The molecule has 0 aliphatic rings. The summed E-state index contributed by atoms with van der Waals surface area (Å²) in [5, 5.41) is 14.2. The van der Waals surface area contributed by atoms with E-state index in [0.717, 1.165) is 41.3 Å². The van der Waals surface area contributed by atoms with Gasteiger partial charge in [0, 0.05) is 24.7 Å². The second-order valence-corrected chi connectivity index (χ2v) is 7.25. The van der Waals surface area contributed by atoms with E-state index < -0.39 is 11.9 Å². The number of hydrogen-bond acceptors (Lipinski definition) is 4. The summed E-state index contributed by atoms with van der Waals surface area (Å²) < 4.78 is 41.0. The zero-order chi connectivity index (χ0) is 21.8. The van der Waals surface area contributed by atoms with Crippen LogP contribution in [-0.4, -0.2) is 30.2 Å². The molecule has 6 nitrogen and oxygen atoms in total. The molecule has 0 bridgehead atoms. The van der Waals surface area contributed by atoms with E-state index in [1.165, 1.54) is 0 Å². The molecule has 0 amide bonds. The minimum atomic E-state index is -4.45. The maximum atomic E-state index is 13.1. The number of aryl methyl sites for hydroxylation is 1. The summed E-state index contributed by atoms with van der Waals surface area (Å²) >= 11 is 0. The maximum Gasteiger partial charge on any atom is 0.434 e. The number of aromatic nitrogens is 6. The predicted molar refractivity (Wildman–Crippen MR) is 110 cm³/mol. The third-order valence-corrected chi connectivity index (χ3v) is 5.03. The van der Waals surface area contributed by atoms with Crippen LogP contribution in [-0.2, 0) is 19.1 Å². The molecule has 0 radical (unpaired) electrons. The highest BCUT2D eigenvalue weighted by molar-refractivity contribution is 5.80. The number of imidazole rings is 1. The Morgan fingerprint density at radius 2 is 1.74 bits per heavy atom. The van der Waals surface area contributed by atoms with Crippen LogP contribution in [0.15, 0.2) is 54.7 Å². The molecule has 0 aliphatic carbocycles. The van der Waals surface area contributed by atoms with Crippen molar-refractivity contribution in [2.24, 2.45) is 0 Å². The Labute approximate surface area is 177 Å². The Morgan fingerprint density at radius 1 is 1.00 bits per heavy atom. The zero-order valence-electron chi connectivity index (χ0n) is 16.9. The van der Waals surface area contributed by atoms with E-state index in [9.17, 15) is 13.2 Å². The largest absolute Gasteiger partial charge is 0.434 e. The number of halogens is 3. The van der Waals surface area contributed by atoms with Crippen LogP contribution in [0.2, 0.25) is 0 Å². The Bertz CT molecular complexity index is 1130. The summed E-state index contributed by atoms with van der Waals surface area (Å²) in [5.41, 5.74) is 2.79. The van der Waals surface area contributed by atoms with Crippen LogP contribution in [0.1, 0.15) is 36.8 Å². The quantitative estimate of drug-likeness (QED) is 0.444. The van der Waals surface area contributed by atoms with Gasteiger partial charge in [0.05, 0.1) is 0 Å². The third-order valence-electron chi connectivity index (χ3n) is 5.03. The zero-order valence-corrected chi connectivity index (χ0v) is 16.9. The summed E-state index contributed by atoms with van der Waals surface area (Å²) in [7, 11) is 0. The van der Waals surface area contributed by atoms with E-state index in [4.69, 9.17) is 0 Å². The molecule has 9 heteroatoms. The normalized spacial score (nSPS) is 11.7. The molecule has 0 unspecified atom stereocenters. The number of hydrogen-bond donors (Lipinski definition) is 1. The van der Waals surface area contributed by atoms with E-state index in [-0.39, 0.29) is 0 Å². The van der Waals surface area contributed by atoms with Crippen LogP contribution in [0, 0.1) is 0 Å². The van der Waals surface area contributed by atoms with Gasteiger partial charge in [-0.1, -0.05) is 61.9 Å². The number of aromatic amines is 1. The SMILES string of the molecule is CCCCc1nc(C(F)(F)F)cn1Cc1ccc(-c2ccccc2-c2nn[nH]n2)cc1. The molecule has 2 aromatic heterocycles. The van der Waals surface area contributed by atoms with Crippen LogP contribution >= 0.6 is 0 Å². The number of tetrazole rings is 1. The van der Waals surface area contributed by atoms with Crippen molar-refractivity contribution in [2.75, 3.05) is 0 Å². The number of nitrogens with one attached hydrogen (secondary N) is 1. The van der Waals surface area contributed by atoms with Crippen molar-refractivity contribution in [1.29, 1.82) is 0 Å². The van der Waals surface area contributed by atoms with Crippen LogP contribution in [0.5, 0.6) is 0 Å².